The molecule has 0 amide bonds. The van der Waals surface area contributed by atoms with Gasteiger partial charge < -0.3 is 0 Å². The van der Waals surface area contributed by atoms with Gasteiger partial charge in [0.1, 0.15) is 0 Å². The summed E-state index contributed by atoms with van der Waals surface area (Å²) in [4.78, 5) is 0. The van der Waals surface area contributed by atoms with E-state index in [1.165, 1.54) is 11.6 Å². The highest BCUT2D eigenvalue weighted by Crippen LogP contribution is 2.22. The van der Waals surface area contributed by atoms with E-state index >= 15 is 0 Å². The number of hydrogen-bond acceptors (Lipinski definition) is 0. The second kappa shape index (κ2) is 6.01. The van der Waals surface area contributed by atoms with E-state index in [9.17, 15) is 0 Å². The van der Waals surface area contributed by atoms with Crippen LogP contribution >= 0.6 is 0 Å². The lowest BCUT2D eigenvalue weighted by molar-refractivity contribution is 1.11. The normalized spacial score (nSPS) is 11.1. The van der Waals surface area contributed by atoms with Crippen molar-refractivity contribution in [3.05, 3.63) is 54.1 Å². The molecule has 0 radical (unpaired) electrons. The van der Waals surface area contributed by atoms with E-state index in [1.54, 1.807) is 10.8 Å². The zero-order valence-corrected chi connectivity index (χ0v) is 12.6. The summed E-state index contributed by atoms with van der Waals surface area (Å²) in [6, 6.07) is 12.2. The van der Waals surface area contributed by atoms with Gasteiger partial charge in [0.15, 0.2) is 0 Å². The summed E-state index contributed by atoms with van der Waals surface area (Å²) >= 11 is 0. The van der Waals surface area contributed by atoms with Gasteiger partial charge in [-0.1, -0.05) is 65.8 Å². The third-order valence-electron chi connectivity index (χ3n) is 3.31. The maximum atomic E-state index is 3.87. The summed E-state index contributed by atoms with van der Waals surface area (Å²) in [5.41, 5.74) is 3.03. The minimum Gasteiger partial charge on any atom is -0.103 e. The average molecular weight is 244 g/mol. The van der Waals surface area contributed by atoms with E-state index in [0.717, 1.165) is 6.42 Å². The zero-order valence-electron chi connectivity index (χ0n) is 11.6. The number of benzene rings is 1. The molecule has 1 heteroatoms. The maximum Gasteiger partial charge on any atom is 0.0846 e. The van der Waals surface area contributed by atoms with Crippen molar-refractivity contribution in [3.63, 3.8) is 0 Å². The second-order valence-electron chi connectivity index (χ2n) is 5.52. The summed E-state index contributed by atoms with van der Waals surface area (Å²) < 4.78 is 0. The van der Waals surface area contributed by atoms with Crippen LogP contribution in [0.5, 0.6) is 0 Å². The van der Waals surface area contributed by atoms with Crippen LogP contribution in [0.2, 0.25) is 19.1 Å². The molecule has 17 heavy (non-hydrogen) atoms. The molecule has 0 aliphatic rings. The van der Waals surface area contributed by atoms with Crippen LogP contribution in [-0.4, -0.2) is 8.07 Å². The third kappa shape index (κ3) is 4.01. The zero-order chi connectivity index (χ0) is 12.9. The van der Waals surface area contributed by atoms with Crippen LogP contribution in [0.15, 0.2) is 54.1 Å². The van der Waals surface area contributed by atoms with Crippen LogP contribution < -0.4 is 5.19 Å². The van der Waals surface area contributed by atoms with E-state index in [0.29, 0.717) is 0 Å². The molecular formula is C16H24Si. The van der Waals surface area contributed by atoms with Gasteiger partial charge in [-0.15, -0.1) is 6.58 Å². The van der Waals surface area contributed by atoms with Gasteiger partial charge >= 0.3 is 0 Å². The molecular weight excluding hydrogens is 220 g/mol. The molecule has 0 atom stereocenters. The van der Waals surface area contributed by atoms with Crippen molar-refractivity contribution in [2.24, 2.45) is 0 Å². The molecule has 1 aromatic carbocycles. The molecule has 0 fully saturated rings. The van der Waals surface area contributed by atoms with E-state index in [4.69, 9.17) is 0 Å². The lowest BCUT2D eigenvalue weighted by Gasteiger charge is -2.25. The summed E-state index contributed by atoms with van der Waals surface area (Å²) in [5.74, 6) is 0. The summed E-state index contributed by atoms with van der Waals surface area (Å²) in [7, 11) is -1.35. The molecule has 0 unspecified atom stereocenters. The first-order chi connectivity index (χ1) is 7.97. The van der Waals surface area contributed by atoms with E-state index in [1.807, 2.05) is 6.08 Å². The van der Waals surface area contributed by atoms with E-state index in [2.05, 4.69) is 63.9 Å². The van der Waals surface area contributed by atoms with E-state index in [-0.39, 0.29) is 0 Å². The van der Waals surface area contributed by atoms with Crippen LogP contribution in [-0.2, 0) is 0 Å². The van der Waals surface area contributed by atoms with Gasteiger partial charge in [-0.05, 0) is 26.3 Å². The minimum atomic E-state index is -1.35. The highest BCUT2D eigenvalue weighted by molar-refractivity contribution is 6.90. The molecule has 0 saturated carbocycles. The van der Waals surface area contributed by atoms with Gasteiger partial charge in [0, 0.05) is 0 Å². The highest BCUT2D eigenvalue weighted by atomic mass is 28.3. The fourth-order valence-electron chi connectivity index (χ4n) is 2.15. The molecule has 0 aromatic heterocycles. The van der Waals surface area contributed by atoms with Gasteiger partial charge in [0.2, 0.25) is 0 Å². The minimum absolute atomic E-state index is 1.03. The van der Waals surface area contributed by atoms with Crippen molar-refractivity contribution in [1.29, 1.82) is 0 Å². The Balaban J connectivity index is 2.93. The van der Waals surface area contributed by atoms with Crippen molar-refractivity contribution in [2.45, 2.75) is 39.4 Å². The van der Waals surface area contributed by atoms with Crippen LogP contribution in [0, 0.1) is 0 Å². The molecule has 0 N–H and O–H groups in total. The lowest BCUT2D eigenvalue weighted by atomic mass is 10.1. The predicted octanol–water partition coefficient (Wildman–Crippen LogP) is 4.51. The largest absolute Gasteiger partial charge is 0.103 e. The van der Waals surface area contributed by atoms with E-state index < -0.39 is 8.07 Å². The standard InChI is InChI=1S/C16H24Si/c1-6-10-15(14(2)3)13-17(4,5)16-11-8-7-9-12-16/h6-9,11-12H,1,10,13H2,2-5H3. The van der Waals surface area contributed by atoms with Crippen LogP contribution in [0.25, 0.3) is 0 Å². The topological polar surface area (TPSA) is 0 Å². The van der Waals surface area contributed by atoms with Gasteiger partial charge in [-0.2, -0.15) is 0 Å². The predicted molar refractivity (Wildman–Crippen MR) is 81.6 cm³/mol. The Labute approximate surface area is 107 Å². The first-order valence-electron chi connectivity index (χ1n) is 6.29. The first kappa shape index (κ1) is 14.0. The number of hydrogen-bond donors (Lipinski definition) is 0. The van der Waals surface area contributed by atoms with Crippen molar-refractivity contribution in [3.8, 4) is 0 Å². The molecule has 0 spiro atoms. The van der Waals surface area contributed by atoms with Crippen molar-refractivity contribution < 1.29 is 0 Å². The SMILES string of the molecule is C=CCC(C[Si](C)(C)c1ccccc1)=C(C)C. The summed E-state index contributed by atoms with van der Waals surface area (Å²) in [6.45, 7) is 13.2. The van der Waals surface area contributed by atoms with Crippen molar-refractivity contribution >= 4 is 13.3 Å². The molecule has 92 valence electrons. The lowest BCUT2D eigenvalue weighted by Crippen LogP contribution is -2.41. The first-order valence-corrected chi connectivity index (χ1v) is 9.49. The Morgan fingerprint density at radius 3 is 2.24 bits per heavy atom. The fraction of sp³-hybridized carbons (Fsp3) is 0.375. The second-order valence-corrected chi connectivity index (χ2v) is 10.2. The Kier molecular flexibility index (Phi) is 4.95. The molecule has 0 nitrogen and oxygen atoms in total. The molecule has 1 aromatic rings. The summed E-state index contributed by atoms with van der Waals surface area (Å²) in [6.07, 6.45) is 3.06. The molecule has 0 aliphatic carbocycles. The quantitative estimate of drug-likeness (QED) is 0.528. The molecule has 0 aliphatic heterocycles. The average Bonchev–Trinajstić information content (AvgIpc) is 2.29. The van der Waals surface area contributed by atoms with Crippen LogP contribution in [0.4, 0.5) is 0 Å². The maximum absolute atomic E-state index is 3.87. The molecule has 1 rings (SSSR count). The summed E-state index contributed by atoms with van der Waals surface area (Å²) in [5, 5.41) is 1.54. The Morgan fingerprint density at radius 2 is 1.76 bits per heavy atom. The van der Waals surface area contributed by atoms with Gasteiger partial charge in [0.25, 0.3) is 0 Å². The van der Waals surface area contributed by atoms with Crippen molar-refractivity contribution in [2.75, 3.05) is 0 Å². The number of allylic oxidation sites excluding steroid dienone is 3. The smallest absolute Gasteiger partial charge is 0.0846 e. The van der Waals surface area contributed by atoms with Crippen LogP contribution in [0.1, 0.15) is 20.3 Å². The van der Waals surface area contributed by atoms with Crippen molar-refractivity contribution in [1.82, 2.24) is 0 Å². The molecule has 0 bridgehead atoms. The van der Waals surface area contributed by atoms with Crippen LogP contribution in [0.3, 0.4) is 0 Å². The van der Waals surface area contributed by atoms with Gasteiger partial charge in [-0.25, -0.2) is 0 Å². The third-order valence-corrected chi connectivity index (χ3v) is 6.52. The number of rotatable bonds is 5. The van der Waals surface area contributed by atoms with Gasteiger partial charge in [0.05, 0.1) is 8.07 Å². The fourth-order valence-corrected chi connectivity index (χ4v) is 5.02. The highest BCUT2D eigenvalue weighted by Gasteiger charge is 2.24. The Bertz CT molecular complexity index is 395. The molecule has 0 heterocycles. The van der Waals surface area contributed by atoms with Gasteiger partial charge in [-0.3, -0.25) is 0 Å². The Hall–Kier alpha value is -1.08. The monoisotopic (exact) mass is 244 g/mol. The molecule has 0 saturated heterocycles. The Morgan fingerprint density at radius 1 is 1.18 bits per heavy atom.